The SMILES string of the molecule is CC(C)NC(=O)c1c(N)nsc1NCCc1cccs1. The quantitative estimate of drug-likeness (QED) is 0.766. The average molecular weight is 310 g/mol. The Bertz CT molecular complexity index is 563. The van der Waals surface area contributed by atoms with Gasteiger partial charge in [-0.3, -0.25) is 4.79 Å². The molecule has 2 aromatic heterocycles. The summed E-state index contributed by atoms with van der Waals surface area (Å²) in [5, 5.41) is 8.88. The topological polar surface area (TPSA) is 80.0 Å². The molecule has 0 unspecified atom stereocenters. The number of nitrogens with one attached hydrogen (secondary N) is 2. The maximum Gasteiger partial charge on any atom is 0.258 e. The maximum atomic E-state index is 12.1. The van der Waals surface area contributed by atoms with Gasteiger partial charge in [0.1, 0.15) is 10.6 Å². The van der Waals surface area contributed by atoms with Crippen LogP contribution in [0.2, 0.25) is 0 Å². The molecule has 0 atom stereocenters. The van der Waals surface area contributed by atoms with E-state index in [9.17, 15) is 4.79 Å². The molecule has 0 aromatic carbocycles. The van der Waals surface area contributed by atoms with Crippen molar-refractivity contribution in [1.82, 2.24) is 9.69 Å². The van der Waals surface area contributed by atoms with Gasteiger partial charge in [-0.05, 0) is 43.2 Å². The van der Waals surface area contributed by atoms with Gasteiger partial charge in [-0.15, -0.1) is 11.3 Å². The van der Waals surface area contributed by atoms with E-state index in [1.165, 1.54) is 16.4 Å². The summed E-state index contributed by atoms with van der Waals surface area (Å²) in [6.07, 6.45) is 0.917. The molecular weight excluding hydrogens is 292 g/mol. The lowest BCUT2D eigenvalue weighted by molar-refractivity contribution is 0.0945. The summed E-state index contributed by atoms with van der Waals surface area (Å²) in [7, 11) is 0. The third-order valence-corrected chi connectivity index (χ3v) is 4.36. The zero-order chi connectivity index (χ0) is 14.5. The van der Waals surface area contributed by atoms with Crippen molar-refractivity contribution >= 4 is 39.6 Å². The van der Waals surface area contributed by atoms with Crippen LogP contribution in [0.4, 0.5) is 10.8 Å². The molecule has 0 bridgehead atoms. The molecule has 1 amide bonds. The molecule has 108 valence electrons. The van der Waals surface area contributed by atoms with E-state index in [1.807, 2.05) is 19.9 Å². The first-order valence-corrected chi connectivity index (χ1v) is 8.05. The number of anilines is 2. The van der Waals surface area contributed by atoms with E-state index in [4.69, 9.17) is 5.73 Å². The lowest BCUT2D eigenvalue weighted by atomic mass is 10.2. The smallest absolute Gasteiger partial charge is 0.258 e. The van der Waals surface area contributed by atoms with Crippen molar-refractivity contribution < 1.29 is 4.79 Å². The van der Waals surface area contributed by atoms with Gasteiger partial charge < -0.3 is 16.4 Å². The Morgan fingerprint density at radius 2 is 2.30 bits per heavy atom. The third kappa shape index (κ3) is 3.71. The standard InChI is InChI=1S/C13H18N4OS2/c1-8(2)16-12(18)10-11(14)17-20-13(10)15-6-5-9-4-3-7-19-9/h3-4,7-8,15H,5-6H2,1-2H3,(H2,14,17)(H,16,18). The molecule has 0 aliphatic rings. The molecule has 0 aliphatic heterocycles. The number of hydrogen-bond acceptors (Lipinski definition) is 6. The zero-order valence-electron chi connectivity index (χ0n) is 11.5. The molecule has 0 spiro atoms. The fourth-order valence-corrected chi connectivity index (χ4v) is 3.18. The third-order valence-electron chi connectivity index (χ3n) is 2.60. The van der Waals surface area contributed by atoms with Crippen LogP contribution < -0.4 is 16.4 Å². The van der Waals surface area contributed by atoms with Gasteiger partial charge in [-0.2, -0.15) is 4.37 Å². The van der Waals surface area contributed by atoms with Crippen molar-refractivity contribution in [1.29, 1.82) is 0 Å². The first-order valence-electron chi connectivity index (χ1n) is 6.40. The van der Waals surface area contributed by atoms with Crippen LogP contribution in [0.5, 0.6) is 0 Å². The largest absolute Gasteiger partial charge is 0.382 e. The van der Waals surface area contributed by atoms with E-state index in [1.54, 1.807) is 11.3 Å². The number of hydrogen-bond donors (Lipinski definition) is 3. The first kappa shape index (κ1) is 14.8. The predicted octanol–water partition coefficient (Wildman–Crippen LogP) is 2.58. The Hall–Kier alpha value is -1.60. The molecule has 20 heavy (non-hydrogen) atoms. The van der Waals surface area contributed by atoms with Crippen LogP contribution >= 0.6 is 22.9 Å². The van der Waals surface area contributed by atoms with E-state index in [-0.39, 0.29) is 17.8 Å². The summed E-state index contributed by atoms with van der Waals surface area (Å²) in [5.74, 6) is 0.108. The monoisotopic (exact) mass is 310 g/mol. The Morgan fingerprint density at radius 3 is 2.95 bits per heavy atom. The van der Waals surface area contributed by atoms with Gasteiger partial charge in [0.15, 0.2) is 5.82 Å². The van der Waals surface area contributed by atoms with E-state index in [0.29, 0.717) is 5.56 Å². The number of nitrogens with zero attached hydrogens (tertiary/aromatic N) is 1. The fraction of sp³-hybridized carbons (Fsp3) is 0.385. The molecule has 7 heteroatoms. The van der Waals surface area contributed by atoms with Gasteiger partial charge in [-0.25, -0.2) is 0 Å². The number of carbonyl (C=O) groups is 1. The minimum atomic E-state index is -0.176. The van der Waals surface area contributed by atoms with Crippen LogP contribution in [0, 0.1) is 0 Å². The minimum Gasteiger partial charge on any atom is -0.382 e. The molecule has 2 rings (SSSR count). The van der Waals surface area contributed by atoms with Crippen molar-refractivity contribution in [3.05, 3.63) is 28.0 Å². The highest BCUT2D eigenvalue weighted by atomic mass is 32.1. The number of amides is 1. The lowest BCUT2D eigenvalue weighted by Gasteiger charge is -2.10. The molecule has 0 saturated heterocycles. The second-order valence-electron chi connectivity index (χ2n) is 4.66. The second kappa shape index (κ2) is 6.71. The number of nitrogens with two attached hydrogens (primary N) is 1. The van der Waals surface area contributed by atoms with Crippen LogP contribution in [-0.2, 0) is 6.42 Å². The van der Waals surface area contributed by atoms with Crippen molar-refractivity contribution in [3.63, 3.8) is 0 Å². The molecule has 0 saturated carbocycles. The fourth-order valence-electron chi connectivity index (χ4n) is 1.73. The molecule has 5 nitrogen and oxygen atoms in total. The van der Waals surface area contributed by atoms with Crippen LogP contribution in [0.25, 0.3) is 0 Å². The van der Waals surface area contributed by atoms with E-state index in [2.05, 4.69) is 26.5 Å². The van der Waals surface area contributed by atoms with Crippen molar-refractivity contribution in [3.8, 4) is 0 Å². The summed E-state index contributed by atoms with van der Waals surface area (Å²) in [6.45, 7) is 4.58. The van der Waals surface area contributed by atoms with Gasteiger partial charge in [0.25, 0.3) is 5.91 Å². The molecule has 4 N–H and O–H groups in total. The molecule has 0 radical (unpaired) electrons. The zero-order valence-corrected chi connectivity index (χ0v) is 13.1. The van der Waals surface area contributed by atoms with Crippen LogP contribution in [-0.4, -0.2) is 22.9 Å². The number of carbonyl (C=O) groups excluding carboxylic acids is 1. The maximum absolute atomic E-state index is 12.1. The average Bonchev–Trinajstić information content (AvgIpc) is 2.98. The van der Waals surface area contributed by atoms with E-state index < -0.39 is 0 Å². The predicted molar refractivity (Wildman–Crippen MR) is 85.6 cm³/mol. The molecule has 0 aliphatic carbocycles. The molecule has 2 aromatic rings. The highest BCUT2D eigenvalue weighted by molar-refractivity contribution is 7.11. The van der Waals surface area contributed by atoms with Crippen LogP contribution in [0.1, 0.15) is 29.1 Å². The minimum absolute atomic E-state index is 0.0702. The Balaban J connectivity index is 1.99. The Kier molecular flexibility index (Phi) is 4.97. The normalized spacial score (nSPS) is 10.8. The summed E-state index contributed by atoms with van der Waals surface area (Å²) in [5.41, 5.74) is 6.24. The van der Waals surface area contributed by atoms with Crippen LogP contribution in [0.15, 0.2) is 17.5 Å². The summed E-state index contributed by atoms with van der Waals surface area (Å²) in [4.78, 5) is 13.4. The van der Waals surface area contributed by atoms with Gasteiger partial charge >= 0.3 is 0 Å². The Morgan fingerprint density at radius 1 is 1.50 bits per heavy atom. The van der Waals surface area contributed by atoms with Crippen molar-refractivity contribution in [2.75, 3.05) is 17.6 Å². The first-order chi connectivity index (χ1) is 9.58. The summed E-state index contributed by atoms with van der Waals surface area (Å²) < 4.78 is 4.06. The second-order valence-corrected chi connectivity index (χ2v) is 6.46. The molecule has 0 fully saturated rings. The van der Waals surface area contributed by atoms with E-state index >= 15 is 0 Å². The Labute approximate surface area is 126 Å². The lowest BCUT2D eigenvalue weighted by Crippen LogP contribution is -2.31. The van der Waals surface area contributed by atoms with Gasteiger partial charge in [0.05, 0.1) is 0 Å². The highest BCUT2D eigenvalue weighted by Crippen LogP contribution is 2.26. The van der Waals surface area contributed by atoms with Gasteiger partial charge in [0, 0.05) is 17.5 Å². The molecule has 2 heterocycles. The summed E-state index contributed by atoms with van der Waals surface area (Å²) >= 11 is 2.95. The van der Waals surface area contributed by atoms with Crippen LogP contribution in [0.3, 0.4) is 0 Å². The highest BCUT2D eigenvalue weighted by Gasteiger charge is 2.19. The number of thiophene rings is 1. The van der Waals surface area contributed by atoms with E-state index in [0.717, 1.165) is 18.0 Å². The number of aromatic nitrogens is 1. The van der Waals surface area contributed by atoms with Crippen molar-refractivity contribution in [2.24, 2.45) is 0 Å². The van der Waals surface area contributed by atoms with Gasteiger partial charge in [0.2, 0.25) is 0 Å². The van der Waals surface area contributed by atoms with Gasteiger partial charge in [-0.1, -0.05) is 6.07 Å². The molecular formula is C13H18N4OS2. The number of nitrogen functional groups attached to an aromatic ring is 1. The number of rotatable bonds is 6. The van der Waals surface area contributed by atoms with Crippen molar-refractivity contribution in [2.45, 2.75) is 26.3 Å². The summed E-state index contributed by atoms with van der Waals surface area (Å²) in [6, 6.07) is 4.20.